The molecule has 0 aliphatic carbocycles. The van der Waals surface area contributed by atoms with E-state index in [1.807, 2.05) is 11.6 Å². The molecule has 0 bridgehead atoms. The lowest BCUT2D eigenvalue weighted by atomic mass is 10.1. The fourth-order valence-electron chi connectivity index (χ4n) is 1.94. The highest BCUT2D eigenvalue weighted by molar-refractivity contribution is 7.13. The van der Waals surface area contributed by atoms with E-state index in [0.717, 1.165) is 5.01 Å². The first-order valence-electron chi connectivity index (χ1n) is 6.56. The van der Waals surface area contributed by atoms with Gasteiger partial charge in [-0.2, -0.15) is 0 Å². The van der Waals surface area contributed by atoms with Crippen molar-refractivity contribution in [3.05, 3.63) is 35.8 Å². The molecule has 2 nitrogen and oxygen atoms in total. The lowest BCUT2D eigenvalue weighted by molar-refractivity contribution is 0.645. The van der Waals surface area contributed by atoms with Crippen LogP contribution < -0.4 is 5.32 Å². The van der Waals surface area contributed by atoms with Gasteiger partial charge in [0.2, 0.25) is 0 Å². The highest BCUT2D eigenvalue weighted by Gasteiger charge is 2.03. The van der Waals surface area contributed by atoms with Crippen LogP contribution in [0.3, 0.4) is 0 Å². The van der Waals surface area contributed by atoms with Crippen LogP contribution in [0.1, 0.15) is 33.1 Å². The van der Waals surface area contributed by atoms with Crippen molar-refractivity contribution >= 4 is 17.0 Å². The van der Waals surface area contributed by atoms with Crippen molar-refractivity contribution in [3.8, 4) is 10.6 Å². The number of unbranched alkanes of at least 4 members (excludes halogenated alkanes) is 1. The Morgan fingerprint density at radius 2 is 2.06 bits per heavy atom. The van der Waals surface area contributed by atoms with Crippen LogP contribution in [0.4, 0.5) is 5.69 Å². The number of anilines is 1. The Morgan fingerprint density at radius 3 is 2.67 bits per heavy atom. The Balaban J connectivity index is 1.95. The smallest absolute Gasteiger partial charge is 0.123 e. The fourth-order valence-corrected chi connectivity index (χ4v) is 2.59. The third-order valence-electron chi connectivity index (χ3n) is 2.97. The lowest BCUT2D eigenvalue weighted by Gasteiger charge is -2.14. The van der Waals surface area contributed by atoms with Crippen LogP contribution in [0.2, 0.25) is 0 Å². The number of nitrogens with zero attached hydrogens (tertiary/aromatic N) is 1. The molecule has 0 aliphatic rings. The van der Waals surface area contributed by atoms with Gasteiger partial charge in [0.1, 0.15) is 5.01 Å². The minimum absolute atomic E-state index is 0.538. The van der Waals surface area contributed by atoms with Gasteiger partial charge in [-0.05, 0) is 37.6 Å². The second kappa shape index (κ2) is 6.55. The maximum absolute atomic E-state index is 4.32. The molecule has 0 radical (unpaired) electrons. The van der Waals surface area contributed by atoms with Crippen LogP contribution in [0.25, 0.3) is 10.6 Å². The number of benzene rings is 1. The zero-order chi connectivity index (χ0) is 12.8. The summed E-state index contributed by atoms with van der Waals surface area (Å²) in [5.41, 5.74) is 2.38. The number of nitrogens with one attached hydrogen (secondary N) is 1. The summed E-state index contributed by atoms with van der Waals surface area (Å²) in [6.07, 6.45) is 5.62. The monoisotopic (exact) mass is 260 g/mol. The molecule has 2 aromatic rings. The molecule has 1 unspecified atom stereocenters. The Hall–Kier alpha value is -1.35. The first-order chi connectivity index (χ1) is 8.79. The van der Waals surface area contributed by atoms with Crippen molar-refractivity contribution in [1.82, 2.24) is 4.98 Å². The van der Waals surface area contributed by atoms with Crippen molar-refractivity contribution < 1.29 is 0 Å². The van der Waals surface area contributed by atoms with E-state index in [9.17, 15) is 0 Å². The molecular weight excluding hydrogens is 240 g/mol. The van der Waals surface area contributed by atoms with E-state index in [2.05, 4.69) is 48.4 Å². The molecule has 1 aromatic heterocycles. The number of aromatic nitrogens is 1. The third-order valence-corrected chi connectivity index (χ3v) is 3.79. The molecule has 0 saturated carbocycles. The van der Waals surface area contributed by atoms with Crippen LogP contribution >= 0.6 is 11.3 Å². The predicted molar refractivity (Wildman–Crippen MR) is 80.2 cm³/mol. The zero-order valence-electron chi connectivity index (χ0n) is 11.0. The van der Waals surface area contributed by atoms with Gasteiger partial charge in [-0.25, -0.2) is 4.98 Å². The minimum atomic E-state index is 0.538. The summed E-state index contributed by atoms with van der Waals surface area (Å²) in [5.74, 6) is 0. The van der Waals surface area contributed by atoms with E-state index in [4.69, 9.17) is 0 Å². The maximum Gasteiger partial charge on any atom is 0.123 e. The van der Waals surface area contributed by atoms with Crippen LogP contribution in [-0.2, 0) is 0 Å². The average Bonchev–Trinajstić information content (AvgIpc) is 2.91. The summed E-state index contributed by atoms with van der Waals surface area (Å²) >= 11 is 1.68. The molecule has 96 valence electrons. The van der Waals surface area contributed by atoms with Crippen LogP contribution in [0.15, 0.2) is 35.8 Å². The van der Waals surface area contributed by atoms with Gasteiger partial charge in [-0.1, -0.05) is 19.8 Å². The molecule has 0 aliphatic heterocycles. The van der Waals surface area contributed by atoms with E-state index in [1.165, 1.54) is 30.5 Å². The maximum atomic E-state index is 4.32. The SMILES string of the molecule is CCCCC(C)Nc1ccc(-c2nccs2)cc1. The molecule has 0 fully saturated rings. The van der Waals surface area contributed by atoms with E-state index < -0.39 is 0 Å². The average molecular weight is 260 g/mol. The van der Waals surface area contributed by atoms with Gasteiger partial charge < -0.3 is 5.32 Å². The Labute approximate surface area is 113 Å². The second-order valence-corrected chi connectivity index (χ2v) is 5.50. The van der Waals surface area contributed by atoms with Crippen molar-refractivity contribution in [1.29, 1.82) is 0 Å². The molecule has 1 atom stereocenters. The van der Waals surface area contributed by atoms with Crippen LogP contribution in [0, 0.1) is 0 Å². The van der Waals surface area contributed by atoms with E-state index >= 15 is 0 Å². The third kappa shape index (κ3) is 3.57. The predicted octanol–water partition coefficient (Wildman–Crippen LogP) is 4.80. The Morgan fingerprint density at radius 1 is 1.28 bits per heavy atom. The summed E-state index contributed by atoms with van der Waals surface area (Å²) in [7, 11) is 0. The van der Waals surface area contributed by atoms with Crippen molar-refractivity contribution in [2.24, 2.45) is 0 Å². The van der Waals surface area contributed by atoms with Crippen molar-refractivity contribution in [2.75, 3.05) is 5.32 Å². The first kappa shape index (κ1) is 13.1. The van der Waals surface area contributed by atoms with Gasteiger partial charge >= 0.3 is 0 Å². The summed E-state index contributed by atoms with van der Waals surface area (Å²) in [6, 6.07) is 9.08. The first-order valence-corrected chi connectivity index (χ1v) is 7.44. The molecule has 0 saturated heterocycles. The molecule has 18 heavy (non-hydrogen) atoms. The minimum Gasteiger partial charge on any atom is -0.383 e. The van der Waals surface area contributed by atoms with E-state index in [0.29, 0.717) is 6.04 Å². The molecule has 0 amide bonds. The van der Waals surface area contributed by atoms with Gasteiger partial charge in [0, 0.05) is 28.9 Å². The number of thiazole rings is 1. The molecule has 0 spiro atoms. The van der Waals surface area contributed by atoms with Crippen molar-refractivity contribution in [2.45, 2.75) is 39.2 Å². The zero-order valence-corrected chi connectivity index (χ0v) is 11.8. The highest BCUT2D eigenvalue weighted by atomic mass is 32.1. The van der Waals surface area contributed by atoms with Gasteiger partial charge in [0.05, 0.1) is 0 Å². The Kier molecular flexibility index (Phi) is 4.76. The second-order valence-electron chi connectivity index (χ2n) is 4.60. The quantitative estimate of drug-likeness (QED) is 0.807. The molecule has 1 N–H and O–H groups in total. The number of hydrogen-bond donors (Lipinski definition) is 1. The Bertz CT molecular complexity index is 448. The van der Waals surface area contributed by atoms with E-state index in [1.54, 1.807) is 11.3 Å². The summed E-state index contributed by atoms with van der Waals surface area (Å²) < 4.78 is 0. The fraction of sp³-hybridized carbons (Fsp3) is 0.400. The summed E-state index contributed by atoms with van der Waals surface area (Å²) in [4.78, 5) is 4.32. The molecule has 1 heterocycles. The van der Waals surface area contributed by atoms with E-state index in [-0.39, 0.29) is 0 Å². The normalized spacial score (nSPS) is 12.3. The topological polar surface area (TPSA) is 24.9 Å². The van der Waals surface area contributed by atoms with Crippen LogP contribution in [-0.4, -0.2) is 11.0 Å². The van der Waals surface area contributed by atoms with Gasteiger partial charge in [-0.15, -0.1) is 11.3 Å². The standard InChI is InChI=1S/C15H20N2S/c1-3-4-5-12(2)17-14-8-6-13(7-9-14)15-16-10-11-18-15/h6-12,17H,3-5H2,1-2H3. The molecular formula is C15H20N2S. The largest absolute Gasteiger partial charge is 0.383 e. The molecule has 3 heteroatoms. The summed E-state index contributed by atoms with van der Waals surface area (Å²) in [6.45, 7) is 4.47. The van der Waals surface area contributed by atoms with Crippen LogP contribution in [0.5, 0.6) is 0 Å². The van der Waals surface area contributed by atoms with Gasteiger partial charge in [0.15, 0.2) is 0 Å². The molecule has 2 rings (SSSR count). The van der Waals surface area contributed by atoms with Gasteiger partial charge in [0.25, 0.3) is 0 Å². The highest BCUT2D eigenvalue weighted by Crippen LogP contribution is 2.23. The van der Waals surface area contributed by atoms with Gasteiger partial charge in [-0.3, -0.25) is 0 Å². The van der Waals surface area contributed by atoms with Crippen molar-refractivity contribution in [3.63, 3.8) is 0 Å². The molecule has 1 aromatic carbocycles. The number of hydrogen-bond acceptors (Lipinski definition) is 3. The number of rotatable bonds is 6. The summed E-state index contributed by atoms with van der Waals surface area (Å²) in [5, 5.41) is 6.62. The lowest BCUT2D eigenvalue weighted by Crippen LogP contribution is -2.14.